The minimum atomic E-state index is -0.903. The average molecular weight is 474 g/mol. The Hall–Kier alpha value is -1.86. The van der Waals surface area contributed by atoms with Crippen LogP contribution in [0.4, 0.5) is 4.79 Å². The molecule has 6 nitrogen and oxygen atoms in total. The van der Waals surface area contributed by atoms with Crippen molar-refractivity contribution < 1.29 is 18.9 Å². The molecule has 1 N–H and O–H groups in total. The second kappa shape index (κ2) is 11.0. The van der Waals surface area contributed by atoms with E-state index < -0.39 is 15.1 Å². The van der Waals surface area contributed by atoms with Gasteiger partial charge in [0.2, 0.25) is 9.04 Å². The standard InChI is InChI=1S/C26H41N2O4Si/c1-7-8-9-19-11-12-20-21(13-10-18-14-16-28(17-15-18)25(29)30)27-31-23(20)22(19)24(26(2,3)4)32-33(5)6/h11-12,18,24H,7-10,13-17H2,1-6H3,(H,29,30). The summed E-state index contributed by atoms with van der Waals surface area (Å²) in [5.74, 6) is 0.534. The highest BCUT2D eigenvalue weighted by molar-refractivity contribution is 6.48. The van der Waals surface area contributed by atoms with Crippen molar-refractivity contribution in [2.24, 2.45) is 11.3 Å². The summed E-state index contributed by atoms with van der Waals surface area (Å²) >= 11 is 0. The highest BCUT2D eigenvalue weighted by Gasteiger charge is 2.33. The minimum absolute atomic E-state index is 0.0295. The van der Waals surface area contributed by atoms with Gasteiger partial charge in [-0.1, -0.05) is 45.3 Å². The summed E-state index contributed by atoms with van der Waals surface area (Å²) in [6.45, 7) is 14.6. The number of amides is 1. The lowest BCUT2D eigenvalue weighted by molar-refractivity contribution is 0.0859. The molecule has 3 rings (SSSR count). The van der Waals surface area contributed by atoms with Crippen molar-refractivity contribution in [2.45, 2.75) is 91.8 Å². The summed E-state index contributed by atoms with van der Waals surface area (Å²) in [5.41, 5.74) is 4.36. The minimum Gasteiger partial charge on any atom is -0.465 e. The summed E-state index contributed by atoms with van der Waals surface area (Å²) in [5, 5.41) is 14.8. The Balaban J connectivity index is 1.88. The zero-order valence-electron chi connectivity index (χ0n) is 21.2. The fourth-order valence-corrected chi connectivity index (χ4v) is 5.77. The van der Waals surface area contributed by atoms with Crippen LogP contribution in [-0.2, 0) is 17.3 Å². The van der Waals surface area contributed by atoms with Crippen LogP contribution in [0.3, 0.4) is 0 Å². The van der Waals surface area contributed by atoms with E-state index in [4.69, 9.17) is 8.95 Å². The van der Waals surface area contributed by atoms with Gasteiger partial charge in [-0.25, -0.2) is 4.79 Å². The molecule has 1 aromatic heterocycles. The topological polar surface area (TPSA) is 75.8 Å². The zero-order valence-corrected chi connectivity index (χ0v) is 22.2. The average Bonchev–Trinajstić information content (AvgIpc) is 3.17. The van der Waals surface area contributed by atoms with Gasteiger partial charge >= 0.3 is 6.09 Å². The molecular weight excluding hydrogens is 432 g/mol. The Morgan fingerprint density at radius 3 is 2.55 bits per heavy atom. The van der Waals surface area contributed by atoms with Gasteiger partial charge in [-0.2, -0.15) is 0 Å². The smallest absolute Gasteiger partial charge is 0.407 e. The normalized spacial score (nSPS) is 16.6. The monoisotopic (exact) mass is 473 g/mol. The SMILES string of the molecule is CCCCc1ccc2c(CCC3CCN(C(=O)O)CC3)noc2c1C(O[Si](C)C)C(C)(C)C. The van der Waals surface area contributed by atoms with Crippen LogP contribution >= 0.6 is 0 Å². The van der Waals surface area contributed by atoms with Crippen molar-refractivity contribution in [3.05, 3.63) is 29.0 Å². The maximum absolute atomic E-state index is 11.2. The van der Waals surface area contributed by atoms with Gasteiger partial charge < -0.3 is 19.0 Å². The van der Waals surface area contributed by atoms with E-state index in [2.05, 4.69) is 58.1 Å². The molecule has 1 atom stereocenters. The Morgan fingerprint density at radius 2 is 1.97 bits per heavy atom. The van der Waals surface area contributed by atoms with Crippen LogP contribution in [0, 0.1) is 11.3 Å². The van der Waals surface area contributed by atoms with Gasteiger partial charge in [0.05, 0.1) is 11.8 Å². The van der Waals surface area contributed by atoms with Gasteiger partial charge in [0.15, 0.2) is 5.58 Å². The zero-order chi connectivity index (χ0) is 24.2. The molecule has 1 aliphatic rings. The summed E-state index contributed by atoms with van der Waals surface area (Å²) < 4.78 is 12.6. The van der Waals surface area contributed by atoms with Gasteiger partial charge in [0.1, 0.15) is 0 Å². The van der Waals surface area contributed by atoms with E-state index in [0.29, 0.717) is 19.0 Å². The molecule has 33 heavy (non-hydrogen) atoms. The highest BCUT2D eigenvalue weighted by atomic mass is 28.3. The molecule has 1 saturated heterocycles. The Kier molecular flexibility index (Phi) is 8.62. The fourth-order valence-electron chi connectivity index (χ4n) is 4.83. The quantitative estimate of drug-likeness (QED) is 0.403. The first kappa shape index (κ1) is 25.8. The molecule has 0 saturated carbocycles. The molecule has 1 aliphatic heterocycles. The number of nitrogens with zero attached hydrogens (tertiary/aromatic N) is 2. The molecule has 1 amide bonds. The maximum atomic E-state index is 11.2. The van der Waals surface area contributed by atoms with Gasteiger partial charge in [0, 0.05) is 24.0 Å². The third-order valence-electron chi connectivity index (χ3n) is 6.72. The molecule has 183 valence electrons. The number of rotatable bonds is 9. The van der Waals surface area contributed by atoms with E-state index in [0.717, 1.165) is 61.6 Å². The molecule has 0 bridgehead atoms. The van der Waals surface area contributed by atoms with Crippen molar-refractivity contribution in [3.8, 4) is 0 Å². The van der Waals surface area contributed by atoms with E-state index in [9.17, 15) is 9.90 Å². The van der Waals surface area contributed by atoms with Crippen molar-refractivity contribution >= 4 is 26.1 Å². The molecule has 1 fully saturated rings. The summed E-state index contributed by atoms with van der Waals surface area (Å²) in [6, 6.07) is 4.45. The number of benzene rings is 1. The number of piperidine rings is 1. The largest absolute Gasteiger partial charge is 0.465 e. The van der Waals surface area contributed by atoms with Crippen LogP contribution in [0.2, 0.25) is 13.1 Å². The van der Waals surface area contributed by atoms with Crippen LogP contribution in [0.5, 0.6) is 0 Å². The first-order valence-electron chi connectivity index (χ1n) is 12.5. The molecule has 0 spiro atoms. The first-order valence-corrected chi connectivity index (χ1v) is 14.9. The third kappa shape index (κ3) is 6.38. The molecule has 0 aliphatic carbocycles. The van der Waals surface area contributed by atoms with Crippen molar-refractivity contribution in [2.75, 3.05) is 13.1 Å². The van der Waals surface area contributed by atoms with Crippen molar-refractivity contribution in [3.63, 3.8) is 0 Å². The molecule has 1 unspecified atom stereocenters. The lowest BCUT2D eigenvalue weighted by Crippen LogP contribution is -2.37. The fraction of sp³-hybridized carbons (Fsp3) is 0.692. The van der Waals surface area contributed by atoms with E-state index in [1.165, 1.54) is 16.0 Å². The van der Waals surface area contributed by atoms with Crippen LogP contribution in [-0.4, -0.2) is 43.4 Å². The Morgan fingerprint density at radius 1 is 1.27 bits per heavy atom. The van der Waals surface area contributed by atoms with E-state index in [-0.39, 0.29) is 11.5 Å². The molecule has 2 heterocycles. The van der Waals surface area contributed by atoms with Gasteiger partial charge in [-0.3, -0.25) is 0 Å². The van der Waals surface area contributed by atoms with Crippen LogP contribution < -0.4 is 0 Å². The molecule has 2 aromatic rings. The lowest BCUT2D eigenvalue weighted by Gasteiger charge is -2.34. The lowest BCUT2D eigenvalue weighted by atomic mass is 9.81. The first-order chi connectivity index (χ1) is 15.6. The maximum Gasteiger partial charge on any atom is 0.407 e. The summed E-state index contributed by atoms with van der Waals surface area (Å²) in [4.78, 5) is 12.7. The number of likely N-dealkylation sites (tertiary alicyclic amines) is 1. The van der Waals surface area contributed by atoms with Crippen molar-refractivity contribution in [1.82, 2.24) is 10.1 Å². The molecule has 1 aromatic carbocycles. The number of carboxylic acid groups (broad SMARTS) is 1. The number of aromatic nitrogens is 1. The predicted molar refractivity (Wildman–Crippen MR) is 134 cm³/mol. The molecular formula is C26H41N2O4Si. The van der Waals surface area contributed by atoms with Crippen LogP contribution in [0.25, 0.3) is 11.0 Å². The number of carbonyl (C=O) groups is 1. The Bertz CT molecular complexity index is 926. The third-order valence-corrected chi connectivity index (χ3v) is 7.43. The highest BCUT2D eigenvalue weighted by Crippen LogP contribution is 2.43. The summed E-state index contributed by atoms with van der Waals surface area (Å²) in [6.07, 6.45) is 6.19. The van der Waals surface area contributed by atoms with Crippen molar-refractivity contribution in [1.29, 1.82) is 0 Å². The van der Waals surface area contributed by atoms with Gasteiger partial charge in [0.25, 0.3) is 0 Å². The molecule has 7 heteroatoms. The van der Waals surface area contributed by atoms with Crippen LogP contribution in [0.15, 0.2) is 16.7 Å². The predicted octanol–water partition coefficient (Wildman–Crippen LogP) is 6.85. The number of hydrogen-bond donors (Lipinski definition) is 1. The number of unbranched alkanes of at least 4 members (excludes halogenated alkanes) is 1. The summed E-state index contributed by atoms with van der Waals surface area (Å²) in [7, 11) is -0.903. The van der Waals surface area contributed by atoms with E-state index >= 15 is 0 Å². The van der Waals surface area contributed by atoms with Crippen LogP contribution in [0.1, 0.15) is 82.7 Å². The Labute approximate surface area is 200 Å². The number of hydrogen-bond acceptors (Lipinski definition) is 4. The van der Waals surface area contributed by atoms with Gasteiger partial charge in [-0.15, -0.1) is 0 Å². The number of fused-ring (bicyclic) bond motifs is 1. The molecule has 1 radical (unpaired) electrons. The van der Waals surface area contributed by atoms with Gasteiger partial charge in [-0.05, 0) is 74.6 Å². The second-order valence-electron chi connectivity index (χ2n) is 10.8. The van der Waals surface area contributed by atoms with E-state index in [1.807, 2.05) is 0 Å². The number of aryl methyl sites for hydroxylation is 2. The second-order valence-corrected chi connectivity index (χ2v) is 12.8. The van der Waals surface area contributed by atoms with E-state index in [1.54, 1.807) is 0 Å².